The molecule has 2 aliphatic rings. The Morgan fingerprint density at radius 1 is 1.39 bits per heavy atom. The highest BCUT2D eigenvalue weighted by atomic mass is 35.5. The number of nitrogens with two attached hydrogens (primary N) is 1. The molecule has 0 bridgehead atoms. The van der Waals surface area contributed by atoms with Crippen molar-refractivity contribution in [2.75, 3.05) is 32.1 Å². The van der Waals surface area contributed by atoms with Crippen LogP contribution in [0.2, 0.25) is 0 Å². The summed E-state index contributed by atoms with van der Waals surface area (Å²) < 4.78 is 5.17. The zero-order valence-corrected chi connectivity index (χ0v) is 14.3. The van der Waals surface area contributed by atoms with Crippen LogP contribution in [0, 0.1) is 11.8 Å². The number of nitrogens with zero attached hydrogens (tertiary/aromatic N) is 1. The van der Waals surface area contributed by atoms with E-state index in [0.717, 1.165) is 30.9 Å². The Labute approximate surface area is 144 Å². The maximum Gasteiger partial charge on any atom is 0.238 e. The predicted molar refractivity (Wildman–Crippen MR) is 94.1 cm³/mol. The van der Waals surface area contributed by atoms with Crippen molar-refractivity contribution >= 4 is 24.0 Å². The second-order valence-corrected chi connectivity index (χ2v) is 6.49. The lowest BCUT2D eigenvalue weighted by Gasteiger charge is -2.29. The van der Waals surface area contributed by atoms with Crippen molar-refractivity contribution in [1.82, 2.24) is 4.90 Å². The molecular weight excluding hydrogens is 314 g/mol. The highest BCUT2D eigenvalue weighted by molar-refractivity contribution is 5.92. The maximum absolute atomic E-state index is 12.2. The van der Waals surface area contributed by atoms with Crippen molar-refractivity contribution in [3.05, 3.63) is 24.3 Å². The number of halogens is 1. The van der Waals surface area contributed by atoms with Crippen molar-refractivity contribution < 1.29 is 9.53 Å². The zero-order valence-electron chi connectivity index (χ0n) is 13.5. The summed E-state index contributed by atoms with van der Waals surface area (Å²) in [7, 11) is 1.62. The van der Waals surface area contributed by atoms with Crippen LogP contribution >= 0.6 is 12.4 Å². The van der Waals surface area contributed by atoms with E-state index >= 15 is 0 Å². The fraction of sp³-hybridized carbons (Fsp3) is 0.588. The lowest BCUT2D eigenvalue weighted by atomic mass is 9.78. The van der Waals surface area contributed by atoms with Gasteiger partial charge in [-0.15, -0.1) is 12.4 Å². The van der Waals surface area contributed by atoms with E-state index in [1.807, 2.05) is 24.3 Å². The van der Waals surface area contributed by atoms with Gasteiger partial charge in [-0.25, -0.2) is 0 Å². The Hall–Kier alpha value is -1.30. The van der Waals surface area contributed by atoms with Crippen LogP contribution in [-0.4, -0.2) is 43.6 Å². The number of hydrogen-bond donors (Lipinski definition) is 2. The molecule has 1 aromatic carbocycles. The predicted octanol–water partition coefficient (Wildman–Crippen LogP) is 2.11. The van der Waals surface area contributed by atoms with Gasteiger partial charge in [0.1, 0.15) is 5.75 Å². The van der Waals surface area contributed by atoms with Crippen LogP contribution in [0.15, 0.2) is 24.3 Å². The van der Waals surface area contributed by atoms with E-state index in [4.69, 9.17) is 10.5 Å². The third-order valence-electron chi connectivity index (χ3n) is 4.95. The quantitative estimate of drug-likeness (QED) is 0.881. The van der Waals surface area contributed by atoms with Gasteiger partial charge in [0.05, 0.1) is 13.7 Å². The molecule has 23 heavy (non-hydrogen) atoms. The molecule has 1 amide bonds. The summed E-state index contributed by atoms with van der Waals surface area (Å²) in [4.78, 5) is 14.5. The van der Waals surface area contributed by atoms with Crippen LogP contribution in [-0.2, 0) is 4.79 Å². The zero-order chi connectivity index (χ0) is 15.5. The van der Waals surface area contributed by atoms with Gasteiger partial charge in [0.25, 0.3) is 0 Å². The molecule has 1 saturated carbocycles. The van der Waals surface area contributed by atoms with Gasteiger partial charge in [0, 0.05) is 30.9 Å². The van der Waals surface area contributed by atoms with Gasteiger partial charge in [-0.3, -0.25) is 9.69 Å². The molecule has 6 heteroatoms. The third kappa shape index (κ3) is 4.37. The summed E-state index contributed by atoms with van der Waals surface area (Å²) in [6.45, 7) is 2.40. The minimum absolute atomic E-state index is 0. The van der Waals surface area contributed by atoms with Crippen molar-refractivity contribution in [3.63, 3.8) is 0 Å². The number of carbonyl (C=O) groups is 1. The molecule has 0 aromatic heterocycles. The number of methoxy groups -OCH3 is 1. The molecule has 1 aliphatic heterocycles. The number of likely N-dealkylation sites (tertiary alicyclic amines) is 1. The average Bonchev–Trinajstić information content (AvgIpc) is 2.91. The first-order valence-electron chi connectivity index (χ1n) is 8.07. The molecule has 0 spiro atoms. The number of hydrogen-bond acceptors (Lipinski definition) is 4. The van der Waals surface area contributed by atoms with Crippen molar-refractivity contribution in [1.29, 1.82) is 0 Å². The number of amides is 1. The van der Waals surface area contributed by atoms with E-state index in [9.17, 15) is 4.79 Å². The lowest BCUT2D eigenvalue weighted by Crippen LogP contribution is -2.38. The number of rotatable bonds is 4. The standard InChI is InChI=1S/C17H25N3O2.ClH/c1-22-14-6-3-5-13(8-14)19-17(21)11-20-9-12-4-2-7-16(18)15(12)10-20;/h3,5-6,8,12,15-16H,2,4,7,9-11,18H2,1H3,(H,19,21);1H. The van der Waals surface area contributed by atoms with Gasteiger partial charge in [0.15, 0.2) is 0 Å². The largest absolute Gasteiger partial charge is 0.497 e. The van der Waals surface area contributed by atoms with Crippen molar-refractivity contribution in [2.45, 2.75) is 25.3 Å². The Balaban J connectivity index is 0.00000192. The molecule has 2 fully saturated rings. The van der Waals surface area contributed by atoms with Crippen LogP contribution in [0.5, 0.6) is 5.75 Å². The Morgan fingerprint density at radius 2 is 2.22 bits per heavy atom. The normalized spacial score (nSPS) is 27.0. The van der Waals surface area contributed by atoms with Crippen LogP contribution in [0.25, 0.3) is 0 Å². The number of ether oxygens (including phenoxy) is 1. The van der Waals surface area contributed by atoms with Crippen molar-refractivity contribution in [3.8, 4) is 5.75 Å². The molecule has 0 radical (unpaired) electrons. The number of nitrogens with one attached hydrogen (secondary N) is 1. The van der Waals surface area contributed by atoms with Crippen LogP contribution in [0.1, 0.15) is 19.3 Å². The molecule has 3 rings (SSSR count). The average molecular weight is 340 g/mol. The molecule has 1 aliphatic carbocycles. The third-order valence-corrected chi connectivity index (χ3v) is 4.95. The van der Waals surface area contributed by atoms with E-state index in [2.05, 4.69) is 10.2 Å². The van der Waals surface area contributed by atoms with Crippen molar-refractivity contribution in [2.24, 2.45) is 17.6 Å². The highest BCUT2D eigenvalue weighted by Crippen LogP contribution is 2.35. The molecule has 128 valence electrons. The summed E-state index contributed by atoms with van der Waals surface area (Å²) in [6, 6.07) is 7.75. The fourth-order valence-corrected chi connectivity index (χ4v) is 3.84. The molecule has 3 N–H and O–H groups in total. The first-order chi connectivity index (χ1) is 10.7. The summed E-state index contributed by atoms with van der Waals surface area (Å²) in [5.74, 6) is 2.02. The SMILES string of the molecule is COc1cccc(NC(=O)CN2CC3CCCC(N)C3C2)c1.Cl. The molecule has 5 nitrogen and oxygen atoms in total. The molecule has 1 aromatic rings. The summed E-state index contributed by atoms with van der Waals surface area (Å²) >= 11 is 0. The van der Waals surface area contributed by atoms with E-state index < -0.39 is 0 Å². The smallest absolute Gasteiger partial charge is 0.238 e. The molecule has 3 atom stereocenters. The topological polar surface area (TPSA) is 67.6 Å². The van der Waals surface area contributed by atoms with Gasteiger partial charge >= 0.3 is 0 Å². The Bertz CT molecular complexity index is 540. The van der Waals surface area contributed by atoms with E-state index in [-0.39, 0.29) is 18.3 Å². The van der Waals surface area contributed by atoms with Crippen LogP contribution in [0.3, 0.4) is 0 Å². The van der Waals surface area contributed by atoms with Gasteiger partial charge in [-0.05, 0) is 36.8 Å². The number of anilines is 1. The van der Waals surface area contributed by atoms with Gasteiger partial charge in [0.2, 0.25) is 5.91 Å². The monoisotopic (exact) mass is 339 g/mol. The molecule has 3 unspecified atom stereocenters. The highest BCUT2D eigenvalue weighted by Gasteiger charge is 2.38. The summed E-state index contributed by atoms with van der Waals surface area (Å²) in [6.07, 6.45) is 3.61. The fourth-order valence-electron chi connectivity index (χ4n) is 3.84. The summed E-state index contributed by atoms with van der Waals surface area (Å²) in [5, 5.41) is 2.94. The van der Waals surface area contributed by atoms with E-state index in [1.54, 1.807) is 7.11 Å². The maximum atomic E-state index is 12.2. The van der Waals surface area contributed by atoms with Gasteiger partial charge < -0.3 is 15.8 Å². The second-order valence-electron chi connectivity index (χ2n) is 6.49. The number of benzene rings is 1. The minimum Gasteiger partial charge on any atom is -0.497 e. The van der Waals surface area contributed by atoms with E-state index in [1.165, 1.54) is 12.8 Å². The first kappa shape index (κ1) is 18.0. The van der Waals surface area contributed by atoms with Crippen LogP contribution < -0.4 is 15.8 Å². The molecule has 1 heterocycles. The minimum atomic E-state index is 0. The van der Waals surface area contributed by atoms with E-state index in [0.29, 0.717) is 24.4 Å². The lowest BCUT2D eigenvalue weighted by molar-refractivity contribution is -0.117. The first-order valence-corrected chi connectivity index (χ1v) is 8.07. The molecular formula is C17H26ClN3O2. The Morgan fingerprint density at radius 3 is 2.96 bits per heavy atom. The van der Waals surface area contributed by atoms with Gasteiger partial charge in [-0.2, -0.15) is 0 Å². The number of carbonyl (C=O) groups excluding carboxylic acids is 1. The molecule has 1 saturated heterocycles. The Kier molecular flexibility index (Phi) is 6.27. The second kappa shape index (κ2) is 7.99. The van der Waals surface area contributed by atoms with Gasteiger partial charge in [-0.1, -0.05) is 12.5 Å². The van der Waals surface area contributed by atoms with Crippen LogP contribution in [0.4, 0.5) is 5.69 Å². The summed E-state index contributed by atoms with van der Waals surface area (Å²) in [5.41, 5.74) is 7.00. The number of fused-ring (bicyclic) bond motifs is 1.